The van der Waals surface area contributed by atoms with Crippen LogP contribution in [0.5, 0.6) is 0 Å². The number of ether oxygens (including phenoxy) is 1. The Bertz CT molecular complexity index is 868. The number of nitrogens with one attached hydrogen (secondary N) is 2. The molecule has 7 nitrogen and oxygen atoms in total. The Labute approximate surface area is 188 Å². The van der Waals surface area contributed by atoms with Gasteiger partial charge in [-0.3, -0.25) is 4.79 Å². The summed E-state index contributed by atoms with van der Waals surface area (Å²) in [6.07, 6.45) is 1.98. The van der Waals surface area contributed by atoms with E-state index >= 15 is 0 Å². The van der Waals surface area contributed by atoms with E-state index in [0.29, 0.717) is 25.8 Å². The van der Waals surface area contributed by atoms with Gasteiger partial charge in [-0.2, -0.15) is 0 Å². The van der Waals surface area contributed by atoms with Crippen molar-refractivity contribution in [2.45, 2.75) is 84.7 Å². The Kier molecular flexibility index (Phi) is 8.53. The lowest BCUT2D eigenvalue weighted by atomic mass is 10.0. The highest BCUT2D eigenvalue weighted by Crippen LogP contribution is 2.30. The summed E-state index contributed by atoms with van der Waals surface area (Å²) >= 11 is 0. The van der Waals surface area contributed by atoms with Gasteiger partial charge in [0, 0.05) is 37.4 Å². The fourth-order valence-electron chi connectivity index (χ4n) is 3.71. The summed E-state index contributed by atoms with van der Waals surface area (Å²) in [5.74, 6) is -0.0532. The SMILES string of the molecule is Cc1c(NC(=O)CCCCNS(=O)(=O)C(C)(C)C)ccc(N2C[C@@H](C)O[C@@H](C)C2)c1C. The number of hydrogen-bond donors (Lipinski definition) is 2. The predicted molar refractivity (Wildman–Crippen MR) is 127 cm³/mol. The molecule has 176 valence electrons. The van der Waals surface area contributed by atoms with Crippen LogP contribution in [0.25, 0.3) is 0 Å². The summed E-state index contributed by atoms with van der Waals surface area (Å²) in [5, 5.41) is 3.01. The maximum atomic E-state index is 12.4. The second-order valence-electron chi connectivity index (χ2n) is 9.56. The summed E-state index contributed by atoms with van der Waals surface area (Å²) in [6, 6.07) is 4.04. The van der Waals surface area contributed by atoms with E-state index in [-0.39, 0.29) is 18.1 Å². The van der Waals surface area contributed by atoms with Crippen LogP contribution in [0.1, 0.15) is 65.0 Å². The van der Waals surface area contributed by atoms with Gasteiger partial charge in [-0.05, 0) is 84.6 Å². The lowest BCUT2D eigenvalue weighted by Gasteiger charge is -2.38. The normalized spacial score (nSPS) is 20.0. The van der Waals surface area contributed by atoms with E-state index in [1.54, 1.807) is 20.8 Å². The highest BCUT2D eigenvalue weighted by molar-refractivity contribution is 7.90. The second-order valence-corrected chi connectivity index (χ2v) is 12.1. The fourth-order valence-corrected chi connectivity index (χ4v) is 4.55. The molecular weight excluding hydrogens is 414 g/mol. The number of carbonyl (C=O) groups is 1. The zero-order valence-corrected chi connectivity index (χ0v) is 20.9. The van der Waals surface area contributed by atoms with Crippen molar-refractivity contribution in [3.63, 3.8) is 0 Å². The minimum atomic E-state index is -3.34. The van der Waals surface area contributed by atoms with Crippen LogP contribution in [0.15, 0.2) is 12.1 Å². The summed E-state index contributed by atoms with van der Waals surface area (Å²) in [7, 11) is -3.34. The minimum absolute atomic E-state index is 0.0532. The average Bonchev–Trinajstić information content (AvgIpc) is 2.63. The van der Waals surface area contributed by atoms with Crippen molar-refractivity contribution >= 4 is 27.3 Å². The zero-order chi connectivity index (χ0) is 23.4. The van der Waals surface area contributed by atoms with E-state index in [2.05, 4.69) is 41.8 Å². The molecule has 0 unspecified atom stereocenters. The van der Waals surface area contributed by atoms with Gasteiger partial charge < -0.3 is 15.0 Å². The van der Waals surface area contributed by atoms with Crippen molar-refractivity contribution in [3.05, 3.63) is 23.3 Å². The van der Waals surface area contributed by atoms with Crippen molar-refractivity contribution in [2.24, 2.45) is 0 Å². The third-order valence-electron chi connectivity index (χ3n) is 5.72. The molecule has 1 aromatic rings. The lowest BCUT2D eigenvalue weighted by Crippen LogP contribution is -2.45. The molecule has 31 heavy (non-hydrogen) atoms. The molecule has 2 atom stereocenters. The largest absolute Gasteiger partial charge is 0.372 e. The van der Waals surface area contributed by atoms with Crippen molar-refractivity contribution in [2.75, 3.05) is 29.9 Å². The van der Waals surface area contributed by atoms with E-state index in [9.17, 15) is 13.2 Å². The highest BCUT2D eigenvalue weighted by Gasteiger charge is 2.28. The highest BCUT2D eigenvalue weighted by atomic mass is 32.2. The van der Waals surface area contributed by atoms with Gasteiger partial charge >= 0.3 is 0 Å². The first-order valence-corrected chi connectivity index (χ1v) is 12.6. The topological polar surface area (TPSA) is 87.7 Å². The van der Waals surface area contributed by atoms with Crippen LogP contribution in [-0.2, 0) is 19.6 Å². The van der Waals surface area contributed by atoms with Crippen LogP contribution in [0.2, 0.25) is 0 Å². The van der Waals surface area contributed by atoms with Gasteiger partial charge in [-0.15, -0.1) is 0 Å². The number of morpholine rings is 1. The zero-order valence-electron chi connectivity index (χ0n) is 20.0. The summed E-state index contributed by atoms with van der Waals surface area (Å²) < 4.78 is 31.7. The minimum Gasteiger partial charge on any atom is -0.372 e. The Balaban J connectivity index is 1.87. The van der Waals surface area contributed by atoms with Gasteiger partial charge in [0.1, 0.15) is 0 Å². The fraction of sp³-hybridized carbons (Fsp3) is 0.696. The van der Waals surface area contributed by atoms with Crippen LogP contribution in [0.3, 0.4) is 0 Å². The number of benzene rings is 1. The molecule has 1 aromatic carbocycles. The Morgan fingerprint density at radius 1 is 1.10 bits per heavy atom. The maximum absolute atomic E-state index is 12.4. The maximum Gasteiger partial charge on any atom is 0.224 e. The van der Waals surface area contributed by atoms with Crippen molar-refractivity contribution in [1.82, 2.24) is 4.72 Å². The molecule has 0 aromatic heterocycles. The lowest BCUT2D eigenvalue weighted by molar-refractivity contribution is -0.116. The van der Waals surface area contributed by atoms with Crippen LogP contribution in [0, 0.1) is 13.8 Å². The summed E-state index contributed by atoms with van der Waals surface area (Å²) in [5.41, 5.74) is 4.24. The van der Waals surface area contributed by atoms with E-state index in [1.807, 2.05) is 13.0 Å². The van der Waals surface area contributed by atoms with Gasteiger partial charge in [0.25, 0.3) is 0 Å². The number of sulfonamides is 1. The van der Waals surface area contributed by atoms with Crippen molar-refractivity contribution in [1.29, 1.82) is 0 Å². The first-order valence-electron chi connectivity index (χ1n) is 11.1. The number of anilines is 2. The van der Waals surface area contributed by atoms with Crippen LogP contribution in [0.4, 0.5) is 11.4 Å². The van der Waals surface area contributed by atoms with E-state index in [4.69, 9.17) is 4.74 Å². The van der Waals surface area contributed by atoms with E-state index < -0.39 is 14.8 Å². The molecular formula is C23H39N3O4S. The molecule has 0 saturated carbocycles. The number of nitrogens with zero attached hydrogens (tertiary/aromatic N) is 1. The second kappa shape index (κ2) is 10.3. The van der Waals surface area contributed by atoms with Gasteiger partial charge in [0.05, 0.1) is 17.0 Å². The molecule has 8 heteroatoms. The Morgan fingerprint density at radius 3 is 2.29 bits per heavy atom. The molecule has 0 spiro atoms. The molecule has 2 N–H and O–H groups in total. The van der Waals surface area contributed by atoms with Crippen molar-refractivity contribution in [3.8, 4) is 0 Å². The molecule has 1 amide bonds. The van der Waals surface area contributed by atoms with Gasteiger partial charge in [0.15, 0.2) is 0 Å². The number of hydrogen-bond acceptors (Lipinski definition) is 5. The van der Waals surface area contributed by atoms with Crippen molar-refractivity contribution < 1.29 is 17.9 Å². The van der Waals surface area contributed by atoms with Crippen LogP contribution >= 0.6 is 0 Å². The molecule has 1 aliphatic rings. The average molecular weight is 454 g/mol. The Morgan fingerprint density at radius 2 is 1.71 bits per heavy atom. The third kappa shape index (κ3) is 6.92. The molecule has 1 saturated heterocycles. The third-order valence-corrected chi connectivity index (χ3v) is 7.92. The van der Waals surface area contributed by atoms with Crippen LogP contribution in [-0.4, -0.2) is 50.9 Å². The molecule has 0 radical (unpaired) electrons. The monoisotopic (exact) mass is 453 g/mol. The standard InChI is InChI=1S/C23H39N3O4S/c1-16-14-26(15-17(2)30-16)21-12-11-20(18(3)19(21)4)25-22(27)10-8-9-13-24-31(28,29)23(5,6)7/h11-12,16-17,24H,8-10,13-15H2,1-7H3,(H,25,27)/t16-,17+. The first-order chi connectivity index (χ1) is 14.3. The quantitative estimate of drug-likeness (QED) is 0.586. The molecule has 0 bridgehead atoms. The van der Waals surface area contributed by atoms with Gasteiger partial charge in [-0.25, -0.2) is 13.1 Å². The Hall–Kier alpha value is -1.64. The smallest absolute Gasteiger partial charge is 0.224 e. The van der Waals surface area contributed by atoms with Gasteiger partial charge in [0.2, 0.25) is 15.9 Å². The number of amides is 1. The number of unbranched alkanes of at least 4 members (excludes halogenated alkanes) is 1. The van der Waals surface area contributed by atoms with Gasteiger partial charge in [-0.1, -0.05) is 0 Å². The molecule has 1 fully saturated rings. The summed E-state index contributed by atoms with van der Waals surface area (Å²) in [4.78, 5) is 14.7. The predicted octanol–water partition coefficient (Wildman–Crippen LogP) is 3.74. The molecule has 0 aliphatic carbocycles. The molecule has 2 rings (SSSR count). The number of carbonyl (C=O) groups excluding carboxylic acids is 1. The molecule has 1 heterocycles. The first kappa shape index (κ1) is 25.6. The number of rotatable bonds is 8. The molecule has 1 aliphatic heterocycles. The van der Waals surface area contributed by atoms with E-state index in [1.165, 1.54) is 5.69 Å². The summed E-state index contributed by atoms with van der Waals surface area (Å²) in [6.45, 7) is 15.4. The van der Waals surface area contributed by atoms with E-state index in [0.717, 1.165) is 29.9 Å². The van der Waals surface area contributed by atoms with Crippen LogP contribution < -0.4 is 14.9 Å².